The number of rotatable bonds is 1. The first kappa shape index (κ1) is 11.6. The number of aromatic nitrogens is 2. The fourth-order valence-corrected chi connectivity index (χ4v) is 1.89. The lowest BCUT2D eigenvalue weighted by Gasteiger charge is -2.00. The van der Waals surface area contributed by atoms with E-state index in [1.54, 1.807) is 18.2 Å². The van der Waals surface area contributed by atoms with Gasteiger partial charge >= 0.3 is 0 Å². The number of anilines is 1. The molecular weight excluding hydrogens is 255 g/mol. The van der Waals surface area contributed by atoms with Crippen LogP contribution in [0.3, 0.4) is 0 Å². The largest absolute Gasteiger partial charge is 0.397 e. The molecule has 0 aliphatic carbocycles. The highest BCUT2D eigenvalue weighted by Crippen LogP contribution is 2.27. The van der Waals surface area contributed by atoms with Crippen LogP contribution in [-0.4, -0.2) is 9.97 Å². The second kappa shape index (κ2) is 4.01. The smallest absolute Gasteiger partial charge is 0.195 e. The molecule has 19 heavy (non-hydrogen) atoms. The van der Waals surface area contributed by atoms with E-state index < -0.39 is 17.5 Å². The predicted molar refractivity (Wildman–Crippen MR) is 65.8 cm³/mol. The van der Waals surface area contributed by atoms with Gasteiger partial charge in [-0.1, -0.05) is 6.07 Å². The summed E-state index contributed by atoms with van der Waals surface area (Å²) in [7, 11) is 0. The summed E-state index contributed by atoms with van der Waals surface area (Å²) in [4.78, 5) is 6.92. The fourth-order valence-electron chi connectivity index (χ4n) is 1.89. The van der Waals surface area contributed by atoms with Crippen LogP contribution in [0.5, 0.6) is 0 Å². The highest BCUT2D eigenvalue weighted by molar-refractivity contribution is 5.89. The molecule has 6 heteroatoms. The van der Waals surface area contributed by atoms with Gasteiger partial charge in [0.15, 0.2) is 17.5 Å². The number of hydrogen-bond acceptors (Lipinski definition) is 2. The summed E-state index contributed by atoms with van der Waals surface area (Å²) in [6.45, 7) is 0. The van der Waals surface area contributed by atoms with Crippen LogP contribution in [0.2, 0.25) is 0 Å². The first-order valence-electron chi connectivity index (χ1n) is 5.46. The van der Waals surface area contributed by atoms with Gasteiger partial charge in [0.25, 0.3) is 0 Å². The Balaban J connectivity index is 2.25. The minimum atomic E-state index is -1.52. The second-order valence-electron chi connectivity index (χ2n) is 4.05. The zero-order chi connectivity index (χ0) is 13.6. The Hall–Kier alpha value is -2.50. The van der Waals surface area contributed by atoms with Crippen LogP contribution in [0.1, 0.15) is 0 Å². The Morgan fingerprint density at radius 1 is 1.00 bits per heavy atom. The van der Waals surface area contributed by atoms with Crippen molar-refractivity contribution in [3.05, 3.63) is 47.8 Å². The lowest BCUT2D eigenvalue weighted by molar-refractivity contribution is 0.448. The van der Waals surface area contributed by atoms with Gasteiger partial charge in [-0.25, -0.2) is 18.2 Å². The third-order valence-corrected chi connectivity index (χ3v) is 2.83. The molecule has 1 aromatic heterocycles. The number of hydrogen-bond donors (Lipinski definition) is 2. The van der Waals surface area contributed by atoms with E-state index in [4.69, 9.17) is 5.73 Å². The number of halogens is 3. The Morgan fingerprint density at radius 3 is 2.53 bits per heavy atom. The maximum absolute atomic E-state index is 13.7. The normalized spacial score (nSPS) is 11.1. The highest BCUT2D eigenvalue weighted by Gasteiger charge is 2.17. The van der Waals surface area contributed by atoms with Crippen molar-refractivity contribution in [2.24, 2.45) is 0 Å². The van der Waals surface area contributed by atoms with Crippen LogP contribution in [0.4, 0.5) is 18.9 Å². The molecule has 1 heterocycles. The summed E-state index contributed by atoms with van der Waals surface area (Å²) >= 11 is 0. The maximum atomic E-state index is 13.7. The summed E-state index contributed by atoms with van der Waals surface area (Å²) in [5, 5.41) is 0. The molecular formula is C13H8F3N3. The Morgan fingerprint density at radius 2 is 1.79 bits per heavy atom. The van der Waals surface area contributed by atoms with Crippen LogP contribution in [0, 0.1) is 17.5 Å². The second-order valence-corrected chi connectivity index (χ2v) is 4.05. The highest BCUT2D eigenvalue weighted by atomic mass is 19.2. The number of nitrogens with two attached hydrogens (primary N) is 1. The summed E-state index contributed by atoms with van der Waals surface area (Å²) < 4.78 is 39.7. The van der Waals surface area contributed by atoms with Gasteiger partial charge < -0.3 is 10.7 Å². The minimum Gasteiger partial charge on any atom is -0.397 e. The summed E-state index contributed by atoms with van der Waals surface area (Å²) in [6.07, 6.45) is 0. The van der Waals surface area contributed by atoms with E-state index in [1.807, 2.05) is 0 Å². The van der Waals surface area contributed by atoms with E-state index in [-0.39, 0.29) is 11.4 Å². The van der Waals surface area contributed by atoms with Crippen LogP contribution < -0.4 is 5.73 Å². The van der Waals surface area contributed by atoms with Gasteiger partial charge in [-0.2, -0.15) is 0 Å². The monoisotopic (exact) mass is 263 g/mol. The standard InChI is InChI=1S/C13H8F3N3/c14-7-5-4-6(10(15)11(7)16)13-18-9-3-1-2-8(17)12(9)19-13/h1-5H,17H2,(H,18,19). The molecule has 0 saturated heterocycles. The Labute approximate surface area is 105 Å². The molecule has 0 aliphatic heterocycles. The van der Waals surface area contributed by atoms with E-state index >= 15 is 0 Å². The number of nitrogens with zero attached hydrogens (tertiary/aromatic N) is 1. The lowest BCUT2D eigenvalue weighted by Crippen LogP contribution is -1.94. The van der Waals surface area contributed by atoms with Gasteiger partial charge in [-0.15, -0.1) is 0 Å². The molecule has 3 rings (SSSR count). The van der Waals surface area contributed by atoms with E-state index in [0.717, 1.165) is 12.1 Å². The summed E-state index contributed by atoms with van der Waals surface area (Å²) in [5.74, 6) is -3.94. The number of para-hydroxylation sites is 1. The Kier molecular flexibility index (Phi) is 2.45. The summed E-state index contributed by atoms with van der Waals surface area (Å²) in [6, 6.07) is 7.04. The molecule has 0 saturated carbocycles. The van der Waals surface area contributed by atoms with Crippen molar-refractivity contribution in [2.45, 2.75) is 0 Å². The van der Waals surface area contributed by atoms with Crippen LogP contribution >= 0.6 is 0 Å². The topological polar surface area (TPSA) is 54.7 Å². The van der Waals surface area contributed by atoms with Crippen LogP contribution in [-0.2, 0) is 0 Å². The van der Waals surface area contributed by atoms with Crippen LogP contribution in [0.25, 0.3) is 22.4 Å². The van der Waals surface area contributed by atoms with Crippen molar-refractivity contribution in [3.63, 3.8) is 0 Å². The number of benzene rings is 2. The van der Waals surface area contributed by atoms with Crippen molar-refractivity contribution in [3.8, 4) is 11.4 Å². The molecule has 0 amide bonds. The number of fused-ring (bicyclic) bond motifs is 1. The molecule has 0 bridgehead atoms. The van der Waals surface area contributed by atoms with Crippen molar-refractivity contribution >= 4 is 16.7 Å². The molecule has 0 aliphatic rings. The molecule has 3 nitrogen and oxygen atoms in total. The van der Waals surface area contributed by atoms with Crippen molar-refractivity contribution in [2.75, 3.05) is 5.73 Å². The Bertz CT molecular complexity index is 780. The predicted octanol–water partition coefficient (Wildman–Crippen LogP) is 3.23. The van der Waals surface area contributed by atoms with Crippen molar-refractivity contribution < 1.29 is 13.2 Å². The first-order chi connectivity index (χ1) is 9.08. The van der Waals surface area contributed by atoms with E-state index in [1.165, 1.54) is 0 Å². The molecule has 3 aromatic rings. The molecule has 0 fully saturated rings. The average Bonchev–Trinajstić information content (AvgIpc) is 2.81. The fraction of sp³-hybridized carbons (Fsp3) is 0. The molecule has 2 aromatic carbocycles. The maximum Gasteiger partial charge on any atom is 0.195 e. The van der Waals surface area contributed by atoms with Gasteiger partial charge in [-0.3, -0.25) is 0 Å². The number of nitrogens with one attached hydrogen (secondary N) is 1. The minimum absolute atomic E-state index is 0.101. The molecule has 0 unspecified atom stereocenters. The molecule has 96 valence electrons. The average molecular weight is 263 g/mol. The molecule has 0 spiro atoms. The first-order valence-corrected chi connectivity index (χ1v) is 5.46. The zero-order valence-corrected chi connectivity index (χ0v) is 9.55. The van der Waals surface area contributed by atoms with Gasteiger partial charge in [0.2, 0.25) is 0 Å². The quantitative estimate of drug-likeness (QED) is 0.523. The van der Waals surface area contributed by atoms with Crippen molar-refractivity contribution in [1.82, 2.24) is 9.97 Å². The SMILES string of the molecule is Nc1cccc2[nH]c(-c3ccc(F)c(F)c3F)nc12. The number of imidazole rings is 1. The van der Waals surface area contributed by atoms with E-state index in [0.29, 0.717) is 16.7 Å². The number of H-pyrrole nitrogens is 1. The van der Waals surface area contributed by atoms with Gasteiger partial charge in [0.1, 0.15) is 11.3 Å². The number of nitrogen functional groups attached to an aromatic ring is 1. The van der Waals surface area contributed by atoms with E-state index in [9.17, 15) is 13.2 Å². The number of aromatic amines is 1. The van der Waals surface area contributed by atoms with E-state index in [2.05, 4.69) is 9.97 Å². The lowest BCUT2D eigenvalue weighted by atomic mass is 10.2. The third-order valence-electron chi connectivity index (χ3n) is 2.83. The third kappa shape index (κ3) is 1.72. The van der Waals surface area contributed by atoms with Gasteiger partial charge in [0, 0.05) is 0 Å². The van der Waals surface area contributed by atoms with Gasteiger partial charge in [0.05, 0.1) is 16.8 Å². The van der Waals surface area contributed by atoms with Gasteiger partial charge in [-0.05, 0) is 24.3 Å². The zero-order valence-electron chi connectivity index (χ0n) is 9.55. The molecule has 0 radical (unpaired) electrons. The summed E-state index contributed by atoms with van der Waals surface area (Å²) in [5.41, 5.74) is 7.06. The van der Waals surface area contributed by atoms with Crippen LogP contribution in [0.15, 0.2) is 30.3 Å². The molecule has 3 N–H and O–H groups in total. The van der Waals surface area contributed by atoms with Crippen molar-refractivity contribution in [1.29, 1.82) is 0 Å². The molecule has 0 atom stereocenters.